The minimum Gasteiger partial charge on any atom is -0.343 e. The third kappa shape index (κ3) is 3.57. The number of Topliss-reactive ketones (excluding diaryl/α,β-unsaturated/α-hetero) is 1. The van der Waals surface area contributed by atoms with Crippen LogP contribution in [0.4, 0.5) is 11.5 Å². The van der Waals surface area contributed by atoms with E-state index in [0.717, 1.165) is 24.3 Å². The molecule has 2 aliphatic rings. The van der Waals surface area contributed by atoms with Crippen LogP contribution in [0.25, 0.3) is 0 Å². The number of nitrogens with zero attached hydrogens (tertiary/aromatic N) is 2. The Kier molecular flexibility index (Phi) is 5.23. The van der Waals surface area contributed by atoms with Gasteiger partial charge >= 0.3 is 0 Å². The molecule has 1 aromatic carbocycles. The summed E-state index contributed by atoms with van der Waals surface area (Å²) in [5.41, 5.74) is 2.08. The molecular weight excluding hydrogens is 392 g/mol. The second kappa shape index (κ2) is 7.82. The largest absolute Gasteiger partial charge is 0.343 e. The van der Waals surface area contributed by atoms with Gasteiger partial charge in [-0.2, -0.15) is 0 Å². The van der Waals surface area contributed by atoms with Gasteiger partial charge in [-0.3, -0.25) is 19.7 Å². The Balaban J connectivity index is 1.87. The molecule has 2 N–H and O–H groups in total. The van der Waals surface area contributed by atoms with Crippen molar-refractivity contribution in [3.05, 3.63) is 67.1 Å². The van der Waals surface area contributed by atoms with Crippen LogP contribution in [-0.2, 0) is 4.79 Å². The lowest BCUT2D eigenvalue weighted by atomic mass is 9.76. The average Bonchev–Trinajstić information content (AvgIpc) is 2.71. The highest BCUT2D eigenvalue weighted by molar-refractivity contribution is 7.99. The molecule has 2 heterocycles. The third-order valence-corrected chi connectivity index (χ3v) is 6.20. The Bertz CT molecular complexity index is 1070. The highest BCUT2D eigenvalue weighted by atomic mass is 32.2. The minimum atomic E-state index is -0.587. The zero-order valence-electron chi connectivity index (χ0n) is 15.9. The van der Waals surface area contributed by atoms with Gasteiger partial charge < -0.3 is 10.3 Å². The molecule has 1 aliphatic carbocycles. The Morgan fingerprint density at radius 2 is 2.00 bits per heavy atom. The number of nitrogens with one attached hydrogen (secondary N) is 2. The van der Waals surface area contributed by atoms with Crippen LogP contribution in [-0.4, -0.2) is 26.4 Å². The number of nitro groups is 1. The van der Waals surface area contributed by atoms with Crippen molar-refractivity contribution in [1.29, 1.82) is 0 Å². The quantitative estimate of drug-likeness (QED) is 0.332. The summed E-state index contributed by atoms with van der Waals surface area (Å²) in [6.07, 6.45) is 2.83. The van der Waals surface area contributed by atoms with Crippen LogP contribution >= 0.6 is 11.8 Å². The van der Waals surface area contributed by atoms with Gasteiger partial charge in [0.25, 0.3) is 11.2 Å². The van der Waals surface area contributed by atoms with E-state index < -0.39 is 10.8 Å². The van der Waals surface area contributed by atoms with Crippen molar-refractivity contribution in [3.8, 4) is 0 Å². The van der Waals surface area contributed by atoms with E-state index in [0.29, 0.717) is 40.5 Å². The van der Waals surface area contributed by atoms with Crippen LogP contribution in [0.1, 0.15) is 49.7 Å². The van der Waals surface area contributed by atoms with Crippen LogP contribution in [0.2, 0.25) is 0 Å². The molecule has 29 heavy (non-hydrogen) atoms. The maximum atomic E-state index is 13.0. The second-order valence-electron chi connectivity index (χ2n) is 7.06. The molecule has 9 heteroatoms. The number of hydrogen-bond acceptors (Lipinski definition) is 7. The van der Waals surface area contributed by atoms with E-state index >= 15 is 0 Å². The number of rotatable bonds is 5. The number of carbonyl (C=O) groups is 1. The maximum absolute atomic E-state index is 13.0. The molecule has 0 saturated heterocycles. The molecule has 0 fully saturated rings. The van der Waals surface area contributed by atoms with E-state index in [9.17, 15) is 19.7 Å². The standard InChI is InChI=1S/C20H20N4O4S/c1-2-10-29-20-22-18-17(19(26)23-20)15(11-6-8-12(9-7-11)24(27)28)16-13(21-18)4-3-5-14(16)25/h6-9,15H,2-5,10H2,1H3,(H2,21,22,23,26)/t15-/m1/s1. The molecule has 0 spiro atoms. The second-order valence-corrected chi connectivity index (χ2v) is 8.14. The van der Waals surface area contributed by atoms with Gasteiger partial charge in [-0.15, -0.1) is 0 Å². The van der Waals surface area contributed by atoms with Crippen molar-refractivity contribution in [2.45, 2.75) is 43.7 Å². The molecule has 0 saturated carbocycles. The number of H-pyrrole nitrogens is 1. The van der Waals surface area contributed by atoms with Crippen molar-refractivity contribution < 1.29 is 9.72 Å². The van der Waals surface area contributed by atoms with Gasteiger partial charge in [0.15, 0.2) is 10.9 Å². The molecule has 1 atom stereocenters. The van der Waals surface area contributed by atoms with Crippen molar-refractivity contribution >= 4 is 29.1 Å². The number of hydrogen-bond donors (Lipinski definition) is 2. The van der Waals surface area contributed by atoms with E-state index in [4.69, 9.17) is 0 Å². The lowest BCUT2D eigenvalue weighted by Gasteiger charge is -2.32. The first-order valence-electron chi connectivity index (χ1n) is 9.54. The Hall–Kier alpha value is -2.94. The molecule has 2 aromatic rings. The fourth-order valence-corrected chi connectivity index (χ4v) is 4.55. The molecule has 150 valence electrons. The number of aromatic amines is 1. The summed E-state index contributed by atoms with van der Waals surface area (Å²) in [6.45, 7) is 2.05. The van der Waals surface area contributed by atoms with Crippen LogP contribution in [0.15, 0.2) is 45.5 Å². The van der Waals surface area contributed by atoms with Crippen molar-refractivity contribution in [1.82, 2.24) is 9.97 Å². The lowest BCUT2D eigenvalue weighted by molar-refractivity contribution is -0.384. The molecule has 0 amide bonds. The summed E-state index contributed by atoms with van der Waals surface area (Å²) < 4.78 is 0. The number of thioether (sulfide) groups is 1. The summed E-state index contributed by atoms with van der Waals surface area (Å²) in [6, 6.07) is 6.03. The number of benzene rings is 1. The molecule has 0 bridgehead atoms. The smallest absolute Gasteiger partial charge is 0.269 e. The average molecular weight is 412 g/mol. The fourth-order valence-electron chi connectivity index (χ4n) is 3.83. The summed E-state index contributed by atoms with van der Waals surface area (Å²) in [5.74, 6) is 0.706. The SMILES string of the molecule is CCCSc1nc2c(c(=O)[nH]1)[C@H](c1ccc([N+](=O)[O-])cc1)C1=C(CCCC1=O)N2. The Labute approximate surface area is 171 Å². The monoisotopic (exact) mass is 412 g/mol. The van der Waals surface area contributed by atoms with Crippen molar-refractivity contribution in [2.75, 3.05) is 11.1 Å². The molecule has 8 nitrogen and oxygen atoms in total. The van der Waals surface area contributed by atoms with Gasteiger partial charge in [-0.25, -0.2) is 4.98 Å². The molecule has 1 aliphatic heterocycles. The fraction of sp³-hybridized carbons (Fsp3) is 0.350. The van der Waals surface area contributed by atoms with E-state index in [-0.39, 0.29) is 17.0 Å². The molecule has 1 aromatic heterocycles. The zero-order chi connectivity index (χ0) is 20.5. The first kappa shape index (κ1) is 19.4. The third-order valence-electron chi connectivity index (χ3n) is 5.12. The first-order chi connectivity index (χ1) is 14.0. The van der Waals surface area contributed by atoms with E-state index in [1.165, 1.54) is 23.9 Å². The first-order valence-corrected chi connectivity index (χ1v) is 10.5. The Morgan fingerprint density at radius 3 is 2.69 bits per heavy atom. The number of fused-ring (bicyclic) bond motifs is 1. The number of anilines is 1. The molecular formula is C20H20N4O4S. The predicted octanol–water partition coefficient (Wildman–Crippen LogP) is 3.74. The number of ketones is 1. The maximum Gasteiger partial charge on any atom is 0.269 e. The molecule has 0 unspecified atom stereocenters. The van der Waals surface area contributed by atoms with Gasteiger partial charge in [0.1, 0.15) is 5.82 Å². The van der Waals surface area contributed by atoms with Crippen LogP contribution in [0.5, 0.6) is 0 Å². The lowest BCUT2D eigenvalue weighted by Crippen LogP contribution is -2.32. The predicted molar refractivity (Wildman–Crippen MR) is 110 cm³/mol. The number of carbonyl (C=O) groups excluding carboxylic acids is 1. The number of aromatic nitrogens is 2. The summed E-state index contributed by atoms with van der Waals surface area (Å²) >= 11 is 1.47. The summed E-state index contributed by atoms with van der Waals surface area (Å²) in [7, 11) is 0. The van der Waals surface area contributed by atoms with Gasteiger partial charge in [0.2, 0.25) is 0 Å². The Morgan fingerprint density at radius 1 is 1.24 bits per heavy atom. The topological polar surface area (TPSA) is 118 Å². The summed E-state index contributed by atoms with van der Waals surface area (Å²) in [5, 5.41) is 14.8. The van der Waals surface area contributed by atoms with Crippen molar-refractivity contribution in [2.24, 2.45) is 0 Å². The van der Waals surface area contributed by atoms with Crippen molar-refractivity contribution in [3.63, 3.8) is 0 Å². The van der Waals surface area contributed by atoms with E-state index in [1.54, 1.807) is 12.1 Å². The highest BCUT2D eigenvalue weighted by Crippen LogP contribution is 2.43. The van der Waals surface area contributed by atoms with E-state index in [1.807, 2.05) is 0 Å². The number of non-ortho nitro benzene ring substituents is 1. The number of nitro benzene ring substituents is 1. The van der Waals surface area contributed by atoms with Crippen LogP contribution in [0.3, 0.4) is 0 Å². The van der Waals surface area contributed by atoms with Gasteiger partial charge in [0, 0.05) is 41.5 Å². The minimum absolute atomic E-state index is 0.00316. The summed E-state index contributed by atoms with van der Waals surface area (Å²) in [4.78, 5) is 43.7. The zero-order valence-corrected chi connectivity index (χ0v) is 16.7. The molecule has 0 radical (unpaired) electrons. The van der Waals surface area contributed by atoms with Gasteiger partial charge in [-0.1, -0.05) is 30.8 Å². The van der Waals surface area contributed by atoms with E-state index in [2.05, 4.69) is 22.2 Å². The van der Waals surface area contributed by atoms with Crippen LogP contribution in [0, 0.1) is 10.1 Å². The van der Waals surface area contributed by atoms with Crippen LogP contribution < -0.4 is 10.9 Å². The normalized spacial score (nSPS) is 18.1. The number of allylic oxidation sites excluding steroid dienone is 2. The van der Waals surface area contributed by atoms with Gasteiger partial charge in [0.05, 0.1) is 10.5 Å². The highest BCUT2D eigenvalue weighted by Gasteiger charge is 2.37. The molecule has 4 rings (SSSR count). The van der Waals surface area contributed by atoms with Gasteiger partial charge in [-0.05, 0) is 24.8 Å².